The number of nitrogens with two attached hydrogens (primary N) is 1. The zero-order valence-corrected chi connectivity index (χ0v) is 79.7. The Morgan fingerprint density at radius 1 is 0.360 bits per heavy atom. The van der Waals surface area contributed by atoms with E-state index in [2.05, 4.69) is 108 Å². The van der Waals surface area contributed by atoms with Gasteiger partial charge in [0.25, 0.3) is 56.0 Å². The van der Waals surface area contributed by atoms with Gasteiger partial charge < -0.3 is 87.2 Å². The quantitative estimate of drug-likeness (QED) is 0.0390. The normalized spacial score (nSPS) is 10.7. The predicted molar refractivity (Wildman–Crippen MR) is 333 cm³/mol. The van der Waals surface area contributed by atoms with Crippen molar-refractivity contribution in [1.82, 2.24) is 0 Å². The number of hydrogen-bond donors (Lipinski definition) is 3. The third-order valence-electron chi connectivity index (χ3n) is 9.92. The van der Waals surface area contributed by atoms with E-state index >= 15 is 0 Å². The molecule has 5 N–H and O–H groups in total. The van der Waals surface area contributed by atoms with Crippen LogP contribution < -0.4 is 0 Å². The van der Waals surface area contributed by atoms with Gasteiger partial charge in [-0.05, 0) is 58.2 Å². The van der Waals surface area contributed by atoms with Crippen molar-refractivity contribution >= 4 is 0 Å². The molecule has 0 amide bonds. The van der Waals surface area contributed by atoms with Gasteiger partial charge in [-0.15, -0.1) is 111 Å². The first-order valence-electron chi connectivity index (χ1n) is 26.8. The van der Waals surface area contributed by atoms with Gasteiger partial charge in [-0.3, -0.25) is 0 Å². The molecule has 100 heavy (non-hydrogen) atoms. The smallest absolute Gasteiger partial charge is 0.294 e. The zero-order chi connectivity index (χ0) is 75.2. The summed E-state index contributed by atoms with van der Waals surface area (Å²) in [5.74, 6) is 2.46. The first-order valence-corrected chi connectivity index (χ1v) is 26.8. The molecule has 0 aliphatic heterocycles. The fourth-order valence-corrected chi connectivity index (χ4v) is 5.35. The van der Waals surface area contributed by atoms with Crippen molar-refractivity contribution in [2.75, 3.05) is 39.6 Å². The number of hydrogen-bond acceptors (Lipinski definition) is 30. The Morgan fingerprint density at radius 2 is 0.570 bits per heavy atom. The average Bonchev–Trinajstić information content (AvgIpc) is 3.28. The van der Waals surface area contributed by atoms with Crippen LogP contribution in [0.15, 0.2) is 0 Å². The Bertz CT molecular complexity index is 1950. The molecule has 0 saturated heterocycles. The zero-order valence-electron chi connectivity index (χ0n) is 62.6. The van der Waals surface area contributed by atoms with Gasteiger partial charge in [0.1, 0.15) is 45.2 Å². The molecular formula is C49H109N12O33Y6-5. The summed E-state index contributed by atoms with van der Waals surface area (Å²) in [6.07, 6.45) is 2.39. The fourth-order valence-electron chi connectivity index (χ4n) is 5.35. The SMILES string of the molecule is CC(C)(C)C(CO[N+](=O)[O-])(CO[N+](=O)[O-])CO[N+](=O)[O-].CC(C)(C)CC(CO[N+](=O)[O-])O[N+](=O)[O-].CCC(C)(C)C.CCC(CC(C)(C)C)O[N+](=O)[O-].CCC(CO[N+](=O)[O-])C(CO[N+](=O)[O-])C(C)(C)C.C[C-](C)C.C[C-](C)C.O=[N+]([O-])O.O=[N+]([O-])O.O=[N+]([O-])O.[CH3-].[CH3-].[NH2-].[Y].[Y].[Y].[Y].[Y].[Y]. The molecule has 0 aromatic heterocycles. The van der Waals surface area contributed by atoms with Crippen molar-refractivity contribution in [1.29, 1.82) is 0 Å². The fraction of sp³-hybridized carbons (Fsp3) is 0.918. The molecule has 4 atom stereocenters. The van der Waals surface area contributed by atoms with Gasteiger partial charge >= 0.3 is 0 Å². The second-order valence-electron chi connectivity index (χ2n) is 25.2. The van der Waals surface area contributed by atoms with E-state index in [4.69, 9.17) is 46.0 Å². The van der Waals surface area contributed by atoms with Gasteiger partial charge in [0.2, 0.25) is 0 Å². The Balaban J connectivity index is -0.0000000450. The third kappa shape index (κ3) is 154. The van der Waals surface area contributed by atoms with Crippen LogP contribution in [-0.2, 0) is 235 Å². The van der Waals surface area contributed by atoms with Gasteiger partial charge in [-0.25, -0.2) is 0 Å². The number of rotatable bonds is 27. The second-order valence-corrected chi connectivity index (χ2v) is 25.2. The Morgan fingerprint density at radius 3 is 0.740 bits per heavy atom. The van der Waals surface area contributed by atoms with Gasteiger partial charge in [0.15, 0.2) is 0 Å². The summed E-state index contributed by atoms with van der Waals surface area (Å²) in [6, 6.07) is 0. The predicted octanol–water partition coefficient (Wildman–Crippen LogP) is 12.6. The van der Waals surface area contributed by atoms with Crippen LogP contribution in [-0.4, -0.2) is 123 Å². The molecule has 0 spiro atoms. The van der Waals surface area contributed by atoms with Crippen LogP contribution in [0.3, 0.4) is 0 Å². The van der Waals surface area contributed by atoms with Crippen molar-refractivity contribution < 1.29 is 307 Å². The summed E-state index contributed by atoms with van der Waals surface area (Å²) < 4.78 is 0. The van der Waals surface area contributed by atoms with Crippen molar-refractivity contribution in [2.24, 2.45) is 44.3 Å². The van der Waals surface area contributed by atoms with E-state index in [0.717, 1.165) is 0 Å². The molecule has 0 rings (SSSR count). The van der Waals surface area contributed by atoms with Crippen LogP contribution in [0.5, 0.6) is 0 Å². The van der Waals surface area contributed by atoms with Crippen LogP contribution >= 0.6 is 0 Å². The van der Waals surface area contributed by atoms with E-state index in [9.17, 15) is 80.9 Å². The number of nitrogens with zero attached hydrogens (tertiary/aromatic N) is 11. The van der Waals surface area contributed by atoms with Gasteiger partial charge in [0.05, 0.1) is 6.61 Å². The molecule has 0 saturated carbocycles. The monoisotopic (exact) mass is 1930 g/mol. The molecule has 0 aromatic rings. The topological polar surface area (TPSA) is 643 Å². The summed E-state index contributed by atoms with van der Waals surface area (Å²) in [7, 11) is 0. The molecule has 4 unspecified atom stereocenters. The molecule has 0 aromatic carbocycles. The first-order chi connectivity index (χ1) is 40.5. The van der Waals surface area contributed by atoms with E-state index < -0.39 is 99.3 Å². The summed E-state index contributed by atoms with van der Waals surface area (Å²) >= 11 is 0. The van der Waals surface area contributed by atoms with Gasteiger partial charge in [-0.1, -0.05) is 137 Å². The third-order valence-corrected chi connectivity index (χ3v) is 9.92. The van der Waals surface area contributed by atoms with Crippen LogP contribution in [0.2, 0.25) is 0 Å². The molecule has 0 fully saturated rings. The standard InChI is InChI=1S/C10H20N2O6.C8H15N3O9.C8H17NO3.C7H14N2O6.C6H14.2C4H9.2CH3.3HNO3.H2N.6Y/c1-5-8(6-17-11(13)14)9(10(2,3)4)7-18-12(15)16;1-7(2,3)8(4-18-9(12)13,5-19-10(14)15)6-20-11(16)17;1-5-7(12-9(10)11)6-8(2,3)4;1-7(2,3)4-6(15-9(12)13)5-14-8(10)11;1-5-6(2,3)4;2*1-4(2)3;;;3*2-1(3)4;;;;;;;/h8-9H,5-7H2,1-4H3;4-6H2,1-3H3;7H,5-6H2,1-4H3;6H,4-5H2,1-3H3;5H2,1-4H3;2*1-3H3;2*1H3;3*(H,2,3,4);1H2;;;;;;/q;;;;;4*-1;;;;-1;;;;;;. The van der Waals surface area contributed by atoms with E-state index in [1.165, 1.54) is 18.3 Å². The second kappa shape index (κ2) is 82.4. The minimum Gasteiger partial charge on any atom is -0.693 e. The average molecular weight is 1930 g/mol. The Labute approximate surface area is 736 Å². The van der Waals surface area contributed by atoms with Crippen molar-refractivity contribution in [3.8, 4) is 0 Å². The van der Waals surface area contributed by atoms with E-state index in [-0.39, 0.29) is 265 Å². The molecule has 0 aliphatic carbocycles. The summed E-state index contributed by atoms with van der Waals surface area (Å²) in [6.45, 7) is 44.7. The molecular weight excluding hydrogens is 1820 g/mol. The maximum Gasteiger partial charge on any atom is 0.294 e. The van der Waals surface area contributed by atoms with Crippen LogP contribution in [0, 0.1) is 182 Å². The Hall–Kier alpha value is -2.22. The molecule has 586 valence electrons. The Kier molecular flexibility index (Phi) is 122. The van der Waals surface area contributed by atoms with Gasteiger partial charge in [-0.2, -0.15) is 41.5 Å². The largest absolute Gasteiger partial charge is 0.693 e. The van der Waals surface area contributed by atoms with Crippen LogP contribution in [0.25, 0.3) is 6.15 Å². The summed E-state index contributed by atoms with van der Waals surface area (Å²) in [5.41, 5.74) is -2.21. The molecule has 0 bridgehead atoms. The van der Waals surface area contributed by atoms with Crippen molar-refractivity contribution in [3.05, 3.63) is 144 Å². The van der Waals surface area contributed by atoms with Crippen molar-refractivity contribution in [2.45, 2.75) is 210 Å². The van der Waals surface area contributed by atoms with Crippen LogP contribution in [0.4, 0.5) is 0 Å². The summed E-state index contributed by atoms with van der Waals surface area (Å²) in [5, 5.41) is 115. The molecule has 51 heteroatoms. The molecule has 0 heterocycles. The molecule has 0 aliphatic rings. The minimum atomic E-state index is -1.50. The van der Waals surface area contributed by atoms with Crippen LogP contribution in [0.1, 0.15) is 198 Å². The minimum absolute atomic E-state index is 0. The van der Waals surface area contributed by atoms with E-state index in [1.54, 1.807) is 20.8 Å². The van der Waals surface area contributed by atoms with Gasteiger partial charge in [0, 0.05) is 202 Å². The first kappa shape index (κ1) is 148. The van der Waals surface area contributed by atoms with E-state index in [1.807, 2.05) is 76.2 Å². The molecule has 6 radical (unpaired) electrons. The summed E-state index contributed by atoms with van der Waals surface area (Å²) in [4.78, 5) is 141. The maximum absolute atomic E-state index is 10.3. The van der Waals surface area contributed by atoms with Crippen molar-refractivity contribution in [3.63, 3.8) is 0 Å². The van der Waals surface area contributed by atoms with E-state index in [0.29, 0.717) is 31.1 Å². The molecule has 45 nitrogen and oxygen atoms in total. The maximum atomic E-state index is 10.3.